The second-order valence-electron chi connectivity index (χ2n) is 5.92. The van der Waals surface area contributed by atoms with Crippen LogP contribution in [0.2, 0.25) is 0 Å². The average Bonchev–Trinajstić information content (AvgIpc) is 3.02. The van der Waals surface area contributed by atoms with E-state index < -0.39 is 4.92 Å². The van der Waals surface area contributed by atoms with Gasteiger partial charge >= 0.3 is 0 Å². The third kappa shape index (κ3) is 4.06. The lowest BCUT2D eigenvalue weighted by Gasteiger charge is -2.15. The van der Waals surface area contributed by atoms with Gasteiger partial charge < -0.3 is 10.2 Å². The van der Waals surface area contributed by atoms with E-state index in [1.54, 1.807) is 18.2 Å². The Labute approximate surface area is 158 Å². The Kier molecular flexibility index (Phi) is 5.08. The number of hydrogen-bond donors (Lipinski definition) is 1. The summed E-state index contributed by atoms with van der Waals surface area (Å²) in [7, 11) is 3.79. The number of nitrogens with zero attached hydrogens (tertiary/aromatic N) is 5. The number of nitro benzene ring substituents is 1. The van der Waals surface area contributed by atoms with Crippen LogP contribution in [0.3, 0.4) is 0 Å². The largest absolute Gasteiger partial charge is 0.378 e. The first-order chi connectivity index (χ1) is 12.8. The fourth-order valence-electron chi connectivity index (χ4n) is 2.38. The molecule has 0 bridgehead atoms. The van der Waals surface area contributed by atoms with Gasteiger partial charge in [0.25, 0.3) is 5.69 Å². The first kappa shape index (κ1) is 18.4. The normalized spacial score (nSPS) is 11.1. The van der Waals surface area contributed by atoms with Crippen LogP contribution in [0.25, 0.3) is 10.9 Å². The zero-order valence-electron chi connectivity index (χ0n) is 14.8. The summed E-state index contributed by atoms with van der Waals surface area (Å²) in [4.78, 5) is 23.9. The van der Waals surface area contributed by atoms with Gasteiger partial charge in [0.2, 0.25) is 5.91 Å². The topological polar surface area (TPSA) is 113 Å². The van der Waals surface area contributed by atoms with E-state index in [0.717, 1.165) is 17.2 Å². The molecule has 1 N–H and O–H groups in total. The lowest BCUT2D eigenvalue weighted by Crippen LogP contribution is -2.10. The molecule has 0 aliphatic heterocycles. The Morgan fingerprint density at radius 3 is 2.67 bits per heavy atom. The Morgan fingerprint density at radius 2 is 2.00 bits per heavy atom. The minimum absolute atomic E-state index is 0.0339. The number of azo groups is 1. The van der Waals surface area contributed by atoms with Gasteiger partial charge in [-0.3, -0.25) is 14.9 Å². The number of carbonyl (C=O) groups is 1. The number of rotatable bonds is 5. The summed E-state index contributed by atoms with van der Waals surface area (Å²) in [6, 6.07) is 9.81. The summed E-state index contributed by atoms with van der Waals surface area (Å²) >= 11 is 1.10. The number of benzene rings is 2. The van der Waals surface area contributed by atoms with Gasteiger partial charge in [-0.1, -0.05) is 0 Å². The first-order valence-corrected chi connectivity index (χ1v) is 8.67. The molecule has 0 fully saturated rings. The van der Waals surface area contributed by atoms with Gasteiger partial charge in [-0.2, -0.15) is 4.37 Å². The SMILES string of the molecule is CC(=O)Nc1cc(N(C)C)ccc1N=Nc1snc2ccc([N+](=O)[O-])cc12. The van der Waals surface area contributed by atoms with Crippen molar-refractivity contribution in [2.75, 3.05) is 24.3 Å². The second kappa shape index (κ2) is 7.46. The van der Waals surface area contributed by atoms with Gasteiger partial charge in [0.1, 0.15) is 5.69 Å². The highest BCUT2D eigenvalue weighted by molar-refractivity contribution is 7.11. The standard InChI is InChI=1S/C17H16N6O3S/c1-10(24)18-16-9-11(22(2)3)4-7-15(16)19-20-17-13-8-12(23(25)26)5-6-14(13)21-27-17/h4-9H,1-3H3,(H,18,24). The average molecular weight is 384 g/mol. The summed E-state index contributed by atoms with van der Waals surface area (Å²) in [5, 5.41) is 23.2. The third-order valence-corrected chi connectivity index (χ3v) is 4.47. The van der Waals surface area contributed by atoms with Crippen LogP contribution in [-0.4, -0.2) is 29.3 Å². The maximum absolute atomic E-state index is 11.5. The van der Waals surface area contributed by atoms with Crippen molar-refractivity contribution in [1.29, 1.82) is 0 Å². The molecule has 1 heterocycles. The van der Waals surface area contributed by atoms with Crippen molar-refractivity contribution < 1.29 is 9.72 Å². The molecular formula is C17H16N6O3S. The zero-order chi connectivity index (χ0) is 19.6. The molecule has 0 atom stereocenters. The lowest BCUT2D eigenvalue weighted by atomic mass is 10.2. The van der Waals surface area contributed by atoms with E-state index in [0.29, 0.717) is 27.3 Å². The number of amides is 1. The smallest absolute Gasteiger partial charge is 0.270 e. The molecule has 0 aliphatic rings. The van der Waals surface area contributed by atoms with Crippen molar-refractivity contribution in [3.63, 3.8) is 0 Å². The van der Waals surface area contributed by atoms with Crippen molar-refractivity contribution in [2.24, 2.45) is 10.2 Å². The fraction of sp³-hybridized carbons (Fsp3) is 0.176. The molecule has 3 aromatic rings. The maximum Gasteiger partial charge on any atom is 0.270 e. The Balaban J connectivity index is 2.00. The summed E-state index contributed by atoms with van der Waals surface area (Å²) in [5.74, 6) is -0.221. The van der Waals surface area contributed by atoms with Crippen LogP contribution < -0.4 is 10.2 Å². The quantitative estimate of drug-likeness (QED) is 0.391. The highest BCUT2D eigenvalue weighted by Crippen LogP contribution is 2.36. The molecule has 9 nitrogen and oxygen atoms in total. The van der Waals surface area contributed by atoms with Gasteiger partial charge in [0.05, 0.1) is 16.1 Å². The molecule has 138 valence electrons. The number of anilines is 2. The first-order valence-electron chi connectivity index (χ1n) is 7.89. The van der Waals surface area contributed by atoms with Crippen LogP contribution in [0.15, 0.2) is 46.6 Å². The van der Waals surface area contributed by atoms with Gasteiger partial charge in [-0.25, -0.2) is 0 Å². The van der Waals surface area contributed by atoms with Crippen LogP contribution in [0, 0.1) is 10.1 Å². The van der Waals surface area contributed by atoms with Crippen LogP contribution in [0.4, 0.5) is 27.8 Å². The molecule has 0 radical (unpaired) electrons. The van der Waals surface area contributed by atoms with E-state index in [9.17, 15) is 14.9 Å². The third-order valence-electron chi connectivity index (χ3n) is 3.71. The number of fused-ring (bicyclic) bond motifs is 1. The van der Waals surface area contributed by atoms with Crippen molar-refractivity contribution in [1.82, 2.24) is 4.37 Å². The van der Waals surface area contributed by atoms with Gasteiger partial charge in [0.15, 0.2) is 5.00 Å². The van der Waals surface area contributed by atoms with Crippen LogP contribution in [0.5, 0.6) is 0 Å². The molecule has 1 aromatic heterocycles. The molecule has 0 unspecified atom stereocenters. The molecule has 1 amide bonds. The van der Waals surface area contributed by atoms with Gasteiger partial charge in [0, 0.05) is 44.2 Å². The fourth-order valence-corrected chi connectivity index (χ4v) is 3.06. The summed E-state index contributed by atoms with van der Waals surface area (Å²) in [5.41, 5.74) is 2.48. The summed E-state index contributed by atoms with van der Waals surface area (Å²) in [6.45, 7) is 1.42. The van der Waals surface area contributed by atoms with Gasteiger partial charge in [-0.05, 0) is 35.8 Å². The number of non-ortho nitro benzene ring substituents is 1. The molecule has 0 aliphatic carbocycles. The monoisotopic (exact) mass is 384 g/mol. The molecule has 0 saturated heterocycles. The number of carbonyl (C=O) groups excluding carboxylic acids is 1. The predicted molar refractivity (Wildman–Crippen MR) is 106 cm³/mol. The van der Waals surface area contributed by atoms with Crippen LogP contribution in [0.1, 0.15) is 6.92 Å². The molecule has 3 rings (SSSR count). The highest BCUT2D eigenvalue weighted by atomic mass is 32.1. The van der Waals surface area contributed by atoms with E-state index in [1.807, 2.05) is 25.1 Å². The number of nitro groups is 1. The Morgan fingerprint density at radius 1 is 1.22 bits per heavy atom. The highest BCUT2D eigenvalue weighted by Gasteiger charge is 2.12. The second-order valence-corrected chi connectivity index (χ2v) is 6.68. The van der Waals surface area contributed by atoms with Crippen molar-refractivity contribution in [3.05, 3.63) is 46.5 Å². The molecule has 2 aromatic carbocycles. The summed E-state index contributed by atoms with van der Waals surface area (Å²) < 4.78 is 4.23. The predicted octanol–water partition coefficient (Wildman–Crippen LogP) is 4.64. The van der Waals surface area contributed by atoms with Crippen LogP contribution in [-0.2, 0) is 4.79 Å². The van der Waals surface area contributed by atoms with E-state index in [2.05, 4.69) is 19.9 Å². The molecule has 0 spiro atoms. The number of aromatic nitrogens is 1. The minimum Gasteiger partial charge on any atom is -0.378 e. The number of hydrogen-bond acceptors (Lipinski definition) is 8. The van der Waals surface area contributed by atoms with Crippen molar-refractivity contribution in [2.45, 2.75) is 6.92 Å². The van der Waals surface area contributed by atoms with Crippen LogP contribution >= 0.6 is 11.5 Å². The Hall–Kier alpha value is -3.40. The van der Waals surface area contributed by atoms with E-state index in [1.165, 1.54) is 19.1 Å². The Bertz CT molecular complexity index is 1060. The van der Waals surface area contributed by atoms with Gasteiger partial charge in [-0.15, -0.1) is 10.2 Å². The summed E-state index contributed by atoms with van der Waals surface area (Å²) in [6.07, 6.45) is 0. The van der Waals surface area contributed by atoms with E-state index >= 15 is 0 Å². The minimum atomic E-state index is -0.465. The number of nitrogens with one attached hydrogen (secondary N) is 1. The van der Waals surface area contributed by atoms with Crippen molar-refractivity contribution in [3.8, 4) is 0 Å². The zero-order valence-corrected chi connectivity index (χ0v) is 15.6. The lowest BCUT2D eigenvalue weighted by molar-refractivity contribution is -0.384. The molecule has 0 saturated carbocycles. The van der Waals surface area contributed by atoms with Crippen molar-refractivity contribution >= 4 is 56.1 Å². The molecule has 27 heavy (non-hydrogen) atoms. The molecular weight excluding hydrogens is 368 g/mol. The molecule has 10 heteroatoms. The van der Waals surface area contributed by atoms with E-state index in [4.69, 9.17) is 0 Å². The van der Waals surface area contributed by atoms with E-state index in [-0.39, 0.29) is 11.6 Å². The maximum atomic E-state index is 11.5.